The summed E-state index contributed by atoms with van der Waals surface area (Å²) >= 11 is 0. The van der Waals surface area contributed by atoms with Crippen LogP contribution in [0.2, 0.25) is 0 Å². The van der Waals surface area contributed by atoms with E-state index in [0.29, 0.717) is 6.04 Å². The Hall–Kier alpha value is -1.38. The molecule has 0 fully saturated rings. The van der Waals surface area contributed by atoms with Gasteiger partial charge in [0.15, 0.2) is 5.65 Å². The van der Waals surface area contributed by atoms with E-state index in [-0.39, 0.29) is 0 Å². The normalized spacial score (nSPS) is 11.4. The van der Waals surface area contributed by atoms with Crippen molar-refractivity contribution >= 4 is 11.2 Å². The van der Waals surface area contributed by atoms with E-state index >= 15 is 0 Å². The first-order chi connectivity index (χ1) is 6.72. The minimum Gasteiger partial charge on any atom is -0.313 e. The highest BCUT2D eigenvalue weighted by Gasteiger charge is 2.06. The van der Waals surface area contributed by atoms with Crippen molar-refractivity contribution in [1.82, 2.24) is 14.5 Å². The molecule has 14 heavy (non-hydrogen) atoms. The third-order valence-corrected chi connectivity index (χ3v) is 2.40. The fourth-order valence-corrected chi connectivity index (χ4v) is 1.52. The van der Waals surface area contributed by atoms with Crippen molar-refractivity contribution in [1.29, 1.82) is 0 Å². The van der Waals surface area contributed by atoms with Gasteiger partial charge in [-0.1, -0.05) is 6.92 Å². The Labute approximate surface area is 83.8 Å². The molecule has 0 spiro atoms. The number of imidazole rings is 1. The first kappa shape index (κ1) is 9.19. The van der Waals surface area contributed by atoms with Crippen molar-refractivity contribution in [3.63, 3.8) is 0 Å². The zero-order valence-electron chi connectivity index (χ0n) is 8.86. The van der Waals surface area contributed by atoms with Crippen LogP contribution < -0.4 is 0 Å². The van der Waals surface area contributed by atoms with E-state index in [9.17, 15) is 0 Å². The molecule has 0 atom stereocenters. The van der Waals surface area contributed by atoms with Gasteiger partial charge in [0.1, 0.15) is 5.52 Å². The molecule has 2 aromatic rings. The van der Waals surface area contributed by atoms with Crippen LogP contribution in [0, 0.1) is 0 Å². The fourth-order valence-electron chi connectivity index (χ4n) is 1.52. The Morgan fingerprint density at radius 1 is 1.36 bits per heavy atom. The lowest BCUT2D eigenvalue weighted by Gasteiger charge is -2.07. The number of fused-ring (bicyclic) bond motifs is 1. The predicted octanol–water partition coefficient (Wildman–Crippen LogP) is 2.57. The quantitative estimate of drug-likeness (QED) is 0.727. The molecule has 74 valence electrons. The topological polar surface area (TPSA) is 30.7 Å². The Kier molecular flexibility index (Phi) is 2.23. The molecule has 0 bridgehead atoms. The number of hydrogen-bond donors (Lipinski definition) is 0. The highest BCUT2D eigenvalue weighted by Crippen LogP contribution is 2.15. The first-order valence-electron chi connectivity index (χ1n) is 5.05. The predicted molar refractivity (Wildman–Crippen MR) is 57.3 cm³/mol. The molecule has 0 amide bonds. The summed E-state index contributed by atoms with van der Waals surface area (Å²) in [6.07, 6.45) is 2.83. The lowest BCUT2D eigenvalue weighted by atomic mass is 10.3. The summed E-state index contributed by atoms with van der Waals surface area (Å²) in [5.41, 5.74) is 3.11. The largest absolute Gasteiger partial charge is 0.313 e. The Morgan fingerprint density at radius 2 is 2.14 bits per heavy atom. The second-order valence-electron chi connectivity index (χ2n) is 3.74. The average molecular weight is 189 g/mol. The van der Waals surface area contributed by atoms with Crippen molar-refractivity contribution < 1.29 is 0 Å². The standard InChI is InChI=1S/C11H15N3/c1-4-9-5-6-10-11(13-9)14(7-12-10)8(2)3/h5-8H,4H2,1-3H3. The first-order valence-corrected chi connectivity index (χ1v) is 5.05. The molecule has 0 unspecified atom stereocenters. The van der Waals surface area contributed by atoms with E-state index in [2.05, 4.69) is 35.3 Å². The molecule has 0 aromatic carbocycles. The van der Waals surface area contributed by atoms with E-state index in [0.717, 1.165) is 23.3 Å². The third-order valence-electron chi connectivity index (χ3n) is 2.40. The van der Waals surface area contributed by atoms with Gasteiger partial charge >= 0.3 is 0 Å². The zero-order valence-corrected chi connectivity index (χ0v) is 8.86. The van der Waals surface area contributed by atoms with Crippen LogP contribution in [0.4, 0.5) is 0 Å². The Morgan fingerprint density at radius 3 is 2.79 bits per heavy atom. The summed E-state index contributed by atoms with van der Waals surface area (Å²) in [6, 6.07) is 4.50. The molecule has 2 rings (SSSR count). The SMILES string of the molecule is CCc1ccc2ncn(C(C)C)c2n1. The minimum absolute atomic E-state index is 0.416. The summed E-state index contributed by atoms with van der Waals surface area (Å²) < 4.78 is 2.11. The van der Waals surface area contributed by atoms with Crippen molar-refractivity contribution in [3.8, 4) is 0 Å². The molecule has 0 aliphatic rings. The molecule has 2 aromatic heterocycles. The second kappa shape index (κ2) is 3.40. The van der Waals surface area contributed by atoms with E-state index in [1.807, 2.05) is 18.5 Å². The number of aromatic nitrogens is 3. The van der Waals surface area contributed by atoms with Crippen LogP contribution in [0.5, 0.6) is 0 Å². The maximum atomic E-state index is 4.58. The van der Waals surface area contributed by atoms with Crippen LogP contribution in [0.3, 0.4) is 0 Å². The highest BCUT2D eigenvalue weighted by molar-refractivity contribution is 5.70. The van der Waals surface area contributed by atoms with Crippen molar-refractivity contribution in [3.05, 3.63) is 24.2 Å². The molecule has 0 aliphatic carbocycles. The van der Waals surface area contributed by atoms with E-state index in [1.165, 1.54) is 0 Å². The summed E-state index contributed by atoms with van der Waals surface area (Å²) in [6.45, 7) is 6.40. The molecule has 0 radical (unpaired) electrons. The highest BCUT2D eigenvalue weighted by atomic mass is 15.1. The summed E-state index contributed by atoms with van der Waals surface area (Å²) in [5, 5.41) is 0. The molecule has 0 aliphatic heterocycles. The van der Waals surface area contributed by atoms with Gasteiger partial charge in [-0.05, 0) is 32.4 Å². The maximum Gasteiger partial charge on any atom is 0.160 e. The van der Waals surface area contributed by atoms with Gasteiger partial charge in [-0.25, -0.2) is 9.97 Å². The summed E-state index contributed by atoms with van der Waals surface area (Å²) in [4.78, 5) is 8.89. The fraction of sp³-hybridized carbons (Fsp3) is 0.455. The second-order valence-corrected chi connectivity index (χ2v) is 3.74. The Balaban J connectivity index is 2.63. The van der Waals surface area contributed by atoms with Gasteiger partial charge in [0.25, 0.3) is 0 Å². The third kappa shape index (κ3) is 1.39. The van der Waals surface area contributed by atoms with Gasteiger partial charge < -0.3 is 4.57 Å². The van der Waals surface area contributed by atoms with Gasteiger partial charge in [0.2, 0.25) is 0 Å². The lowest BCUT2D eigenvalue weighted by Crippen LogP contribution is -2.00. The maximum absolute atomic E-state index is 4.58. The molecular weight excluding hydrogens is 174 g/mol. The summed E-state index contributed by atoms with van der Waals surface area (Å²) in [5.74, 6) is 0. The van der Waals surface area contributed by atoms with Gasteiger partial charge in [-0.2, -0.15) is 0 Å². The molecule has 3 nitrogen and oxygen atoms in total. The van der Waals surface area contributed by atoms with E-state index in [1.54, 1.807) is 0 Å². The van der Waals surface area contributed by atoms with Gasteiger partial charge in [0, 0.05) is 11.7 Å². The van der Waals surface area contributed by atoms with Crippen LogP contribution in [-0.4, -0.2) is 14.5 Å². The minimum atomic E-state index is 0.416. The van der Waals surface area contributed by atoms with E-state index < -0.39 is 0 Å². The van der Waals surface area contributed by atoms with Crippen molar-refractivity contribution in [2.45, 2.75) is 33.2 Å². The molecule has 2 heterocycles. The number of pyridine rings is 1. The van der Waals surface area contributed by atoms with Crippen LogP contribution in [-0.2, 0) is 6.42 Å². The van der Waals surface area contributed by atoms with Crippen LogP contribution >= 0.6 is 0 Å². The zero-order chi connectivity index (χ0) is 10.1. The van der Waals surface area contributed by atoms with E-state index in [4.69, 9.17) is 0 Å². The molecule has 0 saturated heterocycles. The van der Waals surface area contributed by atoms with Gasteiger partial charge in [0.05, 0.1) is 6.33 Å². The van der Waals surface area contributed by atoms with Crippen LogP contribution in [0.15, 0.2) is 18.5 Å². The van der Waals surface area contributed by atoms with Crippen molar-refractivity contribution in [2.24, 2.45) is 0 Å². The summed E-state index contributed by atoms with van der Waals surface area (Å²) in [7, 11) is 0. The Bertz CT molecular complexity index is 443. The molecule has 0 saturated carbocycles. The van der Waals surface area contributed by atoms with Gasteiger partial charge in [-0.3, -0.25) is 0 Å². The number of aryl methyl sites for hydroxylation is 1. The van der Waals surface area contributed by atoms with Crippen molar-refractivity contribution in [2.75, 3.05) is 0 Å². The smallest absolute Gasteiger partial charge is 0.160 e. The number of rotatable bonds is 2. The molecule has 0 N–H and O–H groups in total. The van der Waals surface area contributed by atoms with Crippen LogP contribution in [0.1, 0.15) is 32.5 Å². The monoisotopic (exact) mass is 189 g/mol. The molecular formula is C11H15N3. The average Bonchev–Trinajstić information content (AvgIpc) is 2.59. The van der Waals surface area contributed by atoms with Gasteiger partial charge in [-0.15, -0.1) is 0 Å². The number of nitrogens with zero attached hydrogens (tertiary/aromatic N) is 3. The molecule has 3 heteroatoms. The van der Waals surface area contributed by atoms with Crippen LogP contribution in [0.25, 0.3) is 11.2 Å². The number of hydrogen-bond acceptors (Lipinski definition) is 2. The lowest BCUT2D eigenvalue weighted by molar-refractivity contribution is 0.612.